The highest BCUT2D eigenvalue weighted by Crippen LogP contribution is 2.24. The molecule has 0 fully saturated rings. The van der Waals surface area contributed by atoms with Crippen LogP contribution in [0.3, 0.4) is 0 Å². The van der Waals surface area contributed by atoms with Crippen molar-refractivity contribution >= 4 is 28.8 Å². The van der Waals surface area contributed by atoms with E-state index < -0.39 is 0 Å². The van der Waals surface area contributed by atoms with E-state index in [2.05, 4.69) is 21.5 Å². The van der Waals surface area contributed by atoms with E-state index in [0.29, 0.717) is 13.1 Å². The van der Waals surface area contributed by atoms with E-state index in [-0.39, 0.29) is 17.0 Å². The van der Waals surface area contributed by atoms with Gasteiger partial charge < -0.3 is 4.90 Å². The molecular formula is C11H11ClN4OS. The van der Waals surface area contributed by atoms with E-state index in [1.807, 2.05) is 0 Å². The van der Waals surface area contributed by atoms with Crippen molar-refractivity contribution in [2.45, 2.75) is 13.0 Å². The maximum absolute atomic E-state index is 12.2. The van der Waals surface area contributed by atoms with E-state index in [4.69, 9.17) is 11.6 Å². The number of hydrogen-bond donors (Lipinski definition) is 0. The first kappa shape index (κ1) is 11.7. The number of rotatable bonds is 1. The lowest BCUT2D eigenvalue weighted by Crippen LogP contribution is -2.36. The van der Waals surface area contributed by atoms with Crippen LogP contribution in [0.2, 0.25) is 5.28 Å². The normalized spacial score (nSPS) is 14.7. The quantitative estimate of drug-likeness (QED) is 0.800. The average molecular weight is 283 g/mol. The fourth-order valence-electron chi connectivity index (χ4n) is 2.02. The smallest absolute Gasteiger partial charge is 0.293 e. The summed E-state index contributed by atoms with van der Waals surface area (Å²) < 4.78 is 1.40. The molecule has 18 heavy (non-hydrogen) atoms. The highest BCUT2D eigenvalue weighted by molar-refractivity contribution is 7.10. The number of carbonyl (C=O) groups excluding carboxylic acids is 1. The zero-order valence-corrected chi connectivity index (χ0v) is 11.3. The molecule has 1 aliphatic heterocycles. The second-order valence-electron chi connectivity index (χ2n) is 4.17. The lowest BCUT2D eigenvalue weighted by atomic mass is 10.1. The molecular weight excluding hydrogens is 272 g/mol. The van der Waals surface area contributed by atoms with Crippen molar-refractivity contribution in [1.82, 2.24) is 19.7 Å². The first-order valence-electron chi connectivity index (χ1n) is 5.56. The lowest BCUT2D eigenvalue weighted by molar-refractivity contribution is 0.0723. The number of hydrogen-bond acceptors (Lipinski definition) is 4. The number of amides is 1. The third kappa shape index (κ3) is 1.91. The molecule has 0 unspecified atom stereocenters. The molecule has 0 spiro atoms. The molecule has 0 N–H and O–H groups in total. The Morgan fingerprint density at radius 1 is 1.56 bits per heavy atom. The molecule has 94 valence electrons. The highest BCUT2D eigenvalue weighted by Gasteiger charge is 2.25. The van der Waals surface area contributed by atoms with Gasteiger partial charge in [-0.15, -0.1) is 16.4 Å². The van der Waals surface area contributed by atoms with Gasteiger partial charge >= 0.3 is 0 Å². The summed E-state index contributed by atoms with van der Waals surface area (Å²) >= 11 is 7.54. The predicted octanol–water partition coefficient (Wildman–Crippen LogP) is 1.73. The van der Waals surface area contributed by atoms with Crippen LogP contribution in [0.15, 0.2) is 11.4 Å². The van der Waals surface area contributed by atoms with Crippen LogP contribution in [0.4, 0.5) is 0 Å². The molecule has 2 aromatic heterocycles. The fourth-order valence-corrected chi connectivity index (χ4v) is 3.03. The third-order valence-electron chi connectivity index (χ3n) is 3.00. The Kier molecular flexibility index (Phi) is 2.83. The lowest BCUT2D eigenvalue weighted by Gasteiger charge is -2.25. The number of nitrogens with zero attached hydrogens (tertiary/aromatic N) is 4. The molecule has 0 saturated carbocycles. The van der Waals surface area contributed by atoms with Gasteiger partial charge in [-0.05, 0) is 35.0 Å². The van der Waals surface area contributed by atoms with Crippen LogP contribution in [0.5, 0.6) is 0 Å². The Labute approximate surface area is 113 Å². The first-order valence-corrected chi connectivity index (χ1v) is 6.82. The first-order chi connectivity index (χ1) is 8.65. The number of thiophene rings is 1. The van der Waals surface area contributed by atoms with Crippen LogP contribution in [0.25, 0.3) is 0 Å². The van der Waals surface area contributed by atoms with Gasteiger partial charge in [0.1, 0.15) is 0 Å². The molecule has 5 nitrogen and oxygen atoms in total. The van der Waals surface area contributed by atoms with E-state index in [1.165, 1.54) is 15.1 Å². The molecule has 2 aromatic rings. The molecule has 7 heteroatoms. The van der Waals surface area contributed by atoms with Gasteiger partial charge in [-0.2, -0.15) is 4.98 Å². The molecule has 1 aliphatic rings. The summed E-state index contributed by atoms with van der Waals surface area (Å²) in [5.41, 5.74) is 1.22. The summed E-state index contributed by atoms with van der Waals surface area (Å²) in [7, 11) is 1.67. The highest BCUT2D eigenvalue weighted by atomic mass is 35.5. The summed E-state index contributed by atoms with van der Waals surface area (Å²) in [6.07, 6.45) is 0.902. The Bertz CT molecular complexity index is 586. The topological polar surface area (TPSA) is 51.0 Å². The number of aryl methyl sites for hydroxylation is 1. The maximum atomic E-state index is 12.2. The predicted molar refractivity (Wildman–Crippen MR) is 68.8 cm³/mol. The third-order valence-corrected chi connectivity index (χ3v) is 4.35. The molecule has 3 heterocycles. The van der Waals surface area contributed by atoms with Gasteiger partial charge in [0.05, 0.1) is 0 Å². The largest absolute Gasteiger partial charge is 0.331 e. The average Bonchev–Trinajstić information content (AvgIpc) is 2.95. The number of fused-ring (bicyclic) bond motifs is 1. The van der Waals surface area contributed by atoms with Crippen LogP contribution in [-0.2, 0) is 20.0 Å². The Balaban J connectivity index is 1.82. The minimum Gasteiger partial charge on any atom is -0.331 e. The second kappa shape index (κ2) is 4.37. The van der Waals surface area contributed by atoms with E-state index in [1.54, 1.807) is 23.3 Å². The molecule has 0 saturated heterocycles. The second-order valence-corrected chi connectivity index (χ2v) is 5.51. The Hall–Kier alpha value is -1.40. The summed E-state index contributed by atoms with van der Waals surface area (Å²) in [5.74, 6) is 0.00975. The Morgan fingerprint density at radius 2 is 2.39 bits per heavy atom. The van der Waals surface area contributed by atoms with E-state index in [0.717, 1.165) is 6.42 Å². The van der Waals surface area contributed by atoms with Crippen LogP contribution in [0.1, 0.15) is 21.1 Å². The van der Waals surface area contributed by atoms with Crippen molar-refractivity contribution in [3.8, 4) is 0 Å². The fraction of sp³-hybridized carbons (Fsp3) is 0.364. The molecule has 3 rings (SSSR count). The van der Waals surface area contributed by atoms with Crippen LogP contribution < -0.4 is 0 Å². The maximum Gasteiger partial charge on any atom is 0.293 e. The van der Waals surface area contributed by atoms with E-state index in [9.17, 15) is 4.79 Å². The van der Waals surface area contributed by atoms with Gasteiger partial charge in [0.15, 0.2) is 0 Å². The van der Waals surface area contributed by atoms with Crippen molar-refractivity contribution in [1.29, 1.82) is 0 Å². The van der Waals surface area contributed by atoms with Crippen molar-refractivity contribution < 1.29 is 4.79 Å². The molecule has 0 atom stereocenters. The number of carbonyl (C=O) groups is 1. The summed E-state index contributed by atoms with van der Waals surface area (Å²) in [6.45, 7) is 1.34. The van der Waals surface area contributed by atoms with Gasteiger partial charge in [-0.1, -0.05) is 0 Å². The summed E-state index contributed by atoms with van der Waals surface area (Å²) in [5, 5.41) is 6.31. The minimum absolute atomic E-state index is 0.158. The number of aromatic nitrogens is 3. The van der Waals surface area contributed by atoms with Gasteiger partial charge in [-0.25, -0.2) is 4.68 Å². The molecule has 0 radical (unpaired) electrons. The molecule has 0 aromatic carbocycles. The van der Waals surface area contributed by atoms with Crippen molar-refractivity contribution in [2.75, 3.05) is 6.54 Å². The van der Waals surface area contributed by atoms with Gasteiger partial charge in [-0.3, -0.25) is 4.79 Å². The monoisotopic (exact) mass is 282 g/mol. The van der Waals surface area contributed by atoms with Crippen LogP contribution in [0, 0.1) is 0 Å². The molecule has 1 amide bonds. The van der Waals surface area contributed by atoms with Crippen molar-refractivity contribution in [3.63, 3.8) is 0 Å². The van der Waals surface area contributed by atoms with Crippen LogP contribution in [-0.4, -0.2) is 32.1 Å². The summed E-state index contributed by atoms with van der Waals surface area (Å²) in [6, 6.07) is 2.07. The van der Waals surface area contributed by atoms with Crippen LogP contribution >= 0.6 is 22.9 Å². The zero-order chi connectivity index (χ0) is 12.7. The van der Waals surface area contributed by atoms with Crippen molar-refractivity contribution in [3.05, 3.63) is 33.0 Å². The standard InChI is InChI=1S/C11H11ClN4OS/c1-15-11(12)13-9(14-15)10(17)16-4-2-8-7(6-16)3-5-18-8/h3,5H,2,4,6H2,1H3. The zero-order valence-electron chi connectivity index (χ0n) is 9.76. The van der Waals surface area contributed by atoms with Gasteiger partial charge in [0.25, 0.3) is 5.91 Å². The molecule has 0 bridgehead atoms. The summed E-state index contributed by atoms with van der Waals surface area (Å²) in [4.78, 5) is 19.3. The minimum atomic E-state index is -0.158. The number of halogens is 1. The SMILES string of the molecule is Cn1nc(C(=O)N2CCc3sccc3C2)nc1Cl. The van der Waals surface area contributed by atoms with Gasteiger partial charge in [0, 0.05) is 25.0 Å². The van der Waals surface area contributed by atoms with Gasteiger partial charge in [0.2, 0.25) is 11.1 Å². The van der Waals surface area contributed by atoms with E-state index >= 15 is 0 Å². The Morgan fingerprint density at radius 3 is 3.11 bits per heavy atom. The molecule has 0 aliphatic carbocycles. The van der Waals surface area contributed by atoms with Crippen molar-refractivity contribution in [2.24, 2.45) is 7.05 Å².